The van der Waals surface area contributed by atoms with E-state index in [1.807, 2.05) is 42.5 Å². The standard InChI is InChI=1S/C18H21NO2/c20-17-9-6-16(7-10-17)12-13-19-14-18(21)11-8-15-4-2-1-3-5-15/h1-7,9-10,19-20H,8,11-14H2. The normalized spacial score (nSPS) is 10.5. The molecule has 0 radical (unpaired) electrons. The summed E-state index contributed by atoms with van der Waals surface area (Å²) in [5.41, 5.74) is 2.35. The molecule has 0 aromatic heterocycles. The zero-order valence-electron chi connectivity index (χ0n) is 12.1. The largest absolute Gasteiger partial charge is 0.508 e. The lowest BCUT2D eigenvalue weighted by Crippen LogP contribution is -2.25. The molecule has 2 aromatic carbocycles. The van der Waals surface area contributed by atoms with Crippen molar-refractivity contribution < 1.29 is 9.90 Å². The first-order valence-corrected chi connectivity index (χ1v) is 7.28. The molecule has 0 bridgehead atoms. The molecule has 110 valence electrons. The van der Waals surface area contributed by atoms with Gasteiger partial charge in [-0.1, -0.05) is 42.5 Å². The Labute approximate surface area is 125 Å². The van der Waals surface area contributed by atoms with Gasteiger partial charge in [0.1, 0.15) is 11.5 Å². The Bertz CT molecular complexity index is 549. The lowest BCUT2D eigenvalue weighted by Gasteiger charge is -2.05. The van der Waals surface area contributed by atoms with Crippen molar-refractivity contribution in [2.24, 2.45) is 0 Å². The Balaban J connectivity index is 1.60. The Morgan fingerprint density at radius 2 is 1.57 bits per heavy atom. The number of benzene rings is 2. The first-order valence-electron chi connectivity index (χ1n) is 7.28. The van der Waals surface area contributed by atoms with Crippen molar-refractivity contribution in [3.63, 3.8) is 0 Å². The maximum absolute atomic E-state index is 11.8. The average molecular weight is 283 g/mol. The number of aromatic hydroxyl groups is 1. The second-order valence-corrected chi connectivity index (χ2v) is 5.12. The van der Waals surface area contributed by atoms with Gasteiger partial charge in [0.2, 0.25) is 0 Å². The molecular weight excluding hydrogens is 262 g/mol. The van der Waals surface area contributed by atoms with Crippen LogP contribution in [0.3, 0.4) is 0 Å². The number of carbonyl (C=O) groups is 1. The summed E-state index contributed by atoms with van der Waals surface area (Å²) in [6, 6.07) is 17.2. The molecule has 3 nitrogen and oxygen atoms in total. The zero-order chi connectivity index (χ0) is 14.9. The fraction of sp³-hybridized carbons (Fsp3) is 0.278. The van der Waals surface area contributed by atoms with Crippen LogP contribution in [0, 0.1) is 0 Å². The van der Waals surface area contributed by atoms with E-state index in [4.69, 9.17) is 0 Å². The van der Waals surface area contributed by atoms with Crippen LogP contribution in [0.2, 0.25) is 0 Å². The highest BCUT2D eigenvalue weighted by molar-refractivity contribution is 5.80. The molecule has 0 aliphatic rings. The molecule has 0 fully saturated rings. The van der Waals surface area contributed by atoms with Crippen molar-refractivity contribution in [3.05, 3.63) is 65.7 Å². The number of Topliss-reactive ketones (excluding diaryl/α,β-unsaturated/α-hetero) is 1. The first-order chi connectivity index (χ1) is 10.2. The van der Waals surface area contributed by atoms with Crippen molar-refractivity contribution in [1.29, 1.82) is 0 Å². The molecule has 0 aliphatic heterocycles. The summed E-state index contributed by atoms with van der Waals surface area (Å²) in [5, 5.41) is 12.4. The molecular formula is C18H21NO2. The number of aryl methyl sites for hydroxylation is 1. The third-order valence-corrected chi connectivity index (χ3v) is 3.38. The summed E-state index contributed by atoms with van der Waals surface area (Å²) >= 11 is 0. The fourth-order valence-electron chi connectivity index (χ4n) is 2.14. The van der Waals surface area contributed by atoms with Crippen LogP contribution in [-0.2, 0) is 17.6 Å². The zero-order valence-corrected chi connectivity index (χ0v) is 12.1. The molecule has 0 saturated carbocycles. The smallest absolute Gasteiger partial charge is 0.146 e. The van der Waals surface area contributed by atoms with E-state index in [1.165, 1.54) is 5.56 Å². The average Bonchev–Trinajstić information content (AvgIpc) is 2.52. The summed E-state index contributed by atoms with van der Waals surface area (Å²) in [7, 11) is 0. The van der Waals surface area contributed by atoms with Crippen LogP contribution in [0.4, 0.5) is 0 Å². The molecule has 0 atom stereocenters. The van der Waals surface area contributed by atoms with Crippen LogP contribution >= 0.6 is 0 Å². The number of ketones is 1. The fourth-order valence-corrected chi connectivity index (χ4v) is 2.14. The van der Waals surface area contributed by atoms with Gasteiger partial charge in [-0.05, 0) is 42.6 Å². The molecule has 0 heterocycles. The second kappa shape index (κ2) is 8.22. The van der Waals surface area contributed by atoms with Gasteiger partial charge >= 0.3 is 0 Å². The van der Waals surface area contributed by atoms with Gasteiger partial charge in [0.25, 0.3) is 0 Å². The number of hydrogen-bond acceptors (Lipinski definition) is 3. The summed E-state index contributed by atoms with van der Waals surface area (Å²) in [5.74, 6) is 0.521. The highest BCUT2D eigenvalue weighted by atomic mass is 16.3. The van der Waals surface area contributed by atoms with E-state index in [-0.39, 0.29) is 11.5 Å². The third-order valence-electron chi connectivity index (χ3n) is 3.38. The van der Waals surface area contributed by atoms with E-state index in [9.17, 15) is 9.90 Å². The predicted molar refractivity (Wildman–Crippen MR) is 84.5 cm³/mol. The Morgan fingerprint density at radius 3 is 2.29 bits per heavy atom. The van der Waals surface area contributed by atoms with E-state index in [0.29, 0.717) is 13.0 Å². The summed E-state index contributed by atoms with van der Waals surface area (Å²) < 4.78 is 0. The number of hydrogen-bond donors (Lipinski definition) is 2. The SMILES string of the molecule is O=C(CCc1ccccc1)CNCCc1ccc(O)cc1. The number of rotatable bonds is 8. The number of nitrogens with one attached hydrogen (secondary N) is 1. The molecule has 2 aromatic rings. The van der Waals surface area contributed by atoms with Crippen LogP contribution in [0.25, 0.3) is 0 Å². The minimum Gasteiger partial charge on any atom is -0.508 e. The van der Waals surface area contributed by atoms with Crippen molar-refractivity contribution in [1.82, 2.24) is 5.32 Å². The molecule has 2 rings (SSSR count). The molecule has 21 heavy (non-hydrogen) atoms. The van der Waals surface area contributed by atoms with Crippen LogP contribution in [0.15, 0.2) is 54.6 Å². The van der Waals surface area contributed by atoms with Gasteiger partial charge in [0, 0.05) is 6.42 Å². The van der Waals surface area contributed by atoms with E-state index in [2.05, 4.69) is 5.32 Å². The Morgan fingerprint density at radius 1 is 0.905 bits per heavy atom. The summed E-state index contributed by atoms with van der Waals surface area (Å²) in [6.45, 7) is 1.19. The van der Waals surface area contributed by atoms with Crippen molar-refractivity contribution in [2.45, 2.75) is 19.3 Å². The van der Waals surface area contributed by atoms with Gasteiger partial charge in [-0.15, -0.1) is 0 Å². The van der Waals surface area contributed by atoms with E-state index in [1.54, 1.807) is 12.1 Å². The van der Waals surface area contributed by atoms with Gasteiger partial charge < -0.3 is 10.4 Å². The third kappa shape index (κ3) is 5.79. The molecule has 0 saturated heterocycles. The molecule has 2 N–H and O–H groups in total. The second-order valence-electron chi connectivity index (χ2n) is 5.12. The maximum Gasteiger partial charge on any atom is 0.146 e. The number of phenolic OH excluding ortho intramolecular Hbond substituents is 1. The minimum atomic E-state index is 0.240. The van der Waals surface area contributed by atoms with E-state index >= 15 is 0 Å². The lowest BCUT2D eigenvalue weighted by atomic mass is 10.1. The van der Waals surface area contributed by atoms with Crippen LogP contribution < -0.4 is 5.32 Å². The lowest BCUT2D eigenvalue weighted by molar-refractivity contribution is -0.118. The summed E-state index contributed by atoms with van der Waals surface area (Å²) in [6.07, 6.45) is 2.24. The van der Waals surface area contributed by atoms with Gasteiger partial charge in [-0.25, -0.2) is 0 Å². The van der Waals surface area contributed by atoms with Gasteiger partial charge in [0.15, 0.2) is 0 Å². The molecule has 0 aliphatic carbocycles. The monoisotopic (exact) mass is 283 g/mol. The highest BCUT2D eigenvalue weighted by Crippen LogP contribution is 2.09. The van der Waals surface area contributed by atoms with Crippen molar-refractivity contribution in [2.75, 3.05) is 13.1 Å². The predicted octanol–water partition coefficient (Wildman–Crippen LogP) is 2.73. The van der Waals surface area contributed by atoms with E-state index < -0.39 is 0 Å². The van der Waals surface area contributed by atoms with Gasteiger partial charge in [-0.3, -0.25) is 4.79 Å². The van der Waals surface area contributed by atoms with Crippen LogP contribution in [-0.4, -0.2) is 24.0 Å². The number of phenols is 1. The molecule has 0 amide bonds. The maximum atomic E-state index is 11.8. The molecule has 0 unspecified atom stereocenters. The van der Waals surface area contributed by atoms with Crippen molar-refractivity contribution in [3.8, 4) is 5.75 Å². The quantitative estimate of drug-likeness (QED) is 0.732. The number of carbonyl (C=O) groups excluding carboxylic acids is 1. The van der Waals surface area contributed by atoms with Crippen LogP contribution in [0.1, 0.15) is 17.5 Å². The first kappa shape index (κ1) is 15.3. The molecule has 3 heteroatoms. The summed E-state index contributed by atoms with van der Waals surface area (Å²) in [4.78, 5) is 11.8. The minimum absolute atomic E-state index is 0.240. The highest BCUT2D eigenvalue weighted by Gasteiger charge is 2.02. The van der Waals surface area contributed by atoms with Gasteiger partial charge in [0.05, 0.1) is 6.54 Å². The van der Waals surface area contributed by atoms with Gasteiger partial charge in [-0.2, -0.15) is 0 Å². The molecule has 0 spiro atoms. The topological polar surface area (TPSA) is 49.3 Å². The Hall–Kier alpha value is -2.13. The van der Waals surface area contributed by atoms with Crippen molar-refractivity contribution >= 4 is 5.78 Å². The Kier molecular flexibility index (Phi) is 5.98. The van der Waals surface area contributed by atoms with Crippen LogP contribution in [0.5, 0.6) is 5.75 Å². The van der Waals surface area contributed by atoms with E-state index in [0.717, 1.165) is 24.9 Å².